The maximum Gasteiger partial charge on any atom is 0.133 e. The average Bonchev–Trinajstić information content (AvgIpc) is 2.46. The van der Waals surface area contributed by atoms with Crippen LogP contribution >= 0.6 is 11.6 Å². The third kappa shape index (κ3) is 3.31. The molecule has 1 aromatic heterocycles. The minimum Gasteiger partial charge on any atom is -0.497 e. The van der Waals surface area contributed by atoms with Gasteiger partial charge in [0, 0.05) is 23.9 Å². The lowest BCUT2D eigenvalue weighted by molar-refractivity contribution is 0.395. The number of nitriles is 1. The molecule has 0 saturated heterocycles. The summed E-state index contributed by atoms with van der Waals surface area (Å²) in [6.45, 7) is 0. The van der Waals surface area contributed by atoms with E-state index in [2.05, 4.69) is 10.3 Å². The monoisotopic (exact) mass is 289 g/mol. The molecule has 2 aromatic rings. The molecule has 0 aliphatic carbocycles. The Bertz CT molecular complexity index is 646. The third-order valence-electron chi connectivity index (χ3n) is 2.55. The molecule has 0 fully saturated rings. The van der Waals surface area contributed by atoms with Gasteiger partial charge in [0.1, 0.15) is 22.5 Å². The maximum absolute atomic E-state index is 8.91. The first-order valence-corrected chi connectivity index (χ1v) is 6.10. The van der Waals surface area contributed by atoms with Crippen LogP contribution in [0.15, 0.2) is 30.3 Å². The van der Waals surface area contributed by atoms with Crippen molar-refractivity contribution in [3.05, 3.63) is 41.0 Å². The van der Waals surface area contributed by atoms with Crippen LogP contribution in [-0.4, -0.2) is 19.2 Å². The number of ether oxygens (including phenoxy) is 2. The highest BCUT2D eigenvalue weighted by atomic mass is 35.5. The Kier molecular flexibility index (Phi) is 4.28. The summed E-state index contributed by atoms with van der Waals surface area (Å²) in [5.74, 6) is 1.77. The van der Waals surface area contributed by atoms with Gasteiger partial charge in [-0.1, -0.05) is 11.6 Å². The quantitative estimate of drug-likeness (QED) is 0.874. The molecule has 0 bridgehead atoms. The Hall–Kier alpha value is -2.45. The first-order chi connectivity index (χ1) is 9.64. The van der Waals surface area contributed by atoms with Crippen LogP contribution in [0.25, 0.3) is 0 Å². The molecule has 0 saturated carbocycles. The summed E-state index contributed by atoms with van der Waals surface area (Å²) < 4.78 is 10.4. The lowest BCUT2D eigenvalue weighted by Crippen LogP contribution is -1.96. The molecule has 5 nitrogen and oxygen atoms in total. The highest BCUT2D eigenvalue weighted by molar-refractivity contribution is 6.29. The van der Waals surface area contributed by atoms with Crippen molar-refractivity contribution < 1.29 is 9.47 Å². The molecule has 6 heteroatoms. The number of nitrogens with one attached hydrogen (secondary N) is 1. The van der Waals surface area contributed by atoms with Gasteiger partial charge in [-0.25, -0.2) is 4.98 Å². The molecule has 1 aromatic carbocycles. The molecule has 0 amide bonds. The first kappa shape index (κ1) is 14.0. The van der Waals surface area contributed by atoms with Gasteiger partial charge in [-0.05, 0) is 12.1 Å². The second-order valence-electron chi connectivity index (χ2n) is 3.90. The van der Waals surface area contributed by atoms with Crippen molar-refractivity contribution in [3.63, 3.8) is 0 Å². The zero-order valence-corrected chi connectivity index (χ0v) is 11.7. The fraction of sp³-hybridized carbons (Fsp3) is 0.143. The van der Waals surface area contributed by atoms with Gasteiger partial charge in [0.05, 0.1) is 25.9 Å². The summed E-state index contributed by atoms with van der Waals surface area (Å²) in [4.78, 5) is 4.11. The minimum atomic E-state index is 0.251. The zero-order chi connectivity index (χ0) is 14.5. The second-order valence-corrected chi connectivity index (χ2v) is 4.29. The van der Waals surface area contributed by atoms with Crippen LogP contribution in [0.2, 0.25) is 5.15 Å². The Balaban J connectivity index is 2.34. The number of pyridine rings is 1. The van der Waals surface area contributed by atoms with E-state index in [4.69, 9.17) is 26.3 Å². The van der Waals surface area contributed by atoms with E-state index in [0.717, 1.165) is 5.69 Å². The Morgan fingerprint density at radius 1 is 1.10 bits per heavy atom. The van der Waals surface area contributed by atoms with Crippen molar-refractivity contribution >= 4 is 23.1 Å². The SMILES string of the molecule is COc1cc(Nc2cc(C#N)cc(Cl)n2)cc(OC)c1. The molecule has 0 aliphatic rings. The molecular formula is C14H12ClN3O2. The van der Waals surface area contributed by atoms with Gasteiger partial charge in [-0.15, -0.1) is 0 Å². The number of aromatic nitrogens is 1. The standard InChI is InChI=1S/C14H12ClN3O2/c1-19-11-5-10(6-12(7-11)20-2)17-14-4-9(8-16)3-13(15)18-14/h3-7H,1-2H3,(H,17,18). The van der Waals surface area contributed by atoms with Crippen LogP contribution in [0, 0.1) is 11.3 Å². The molecule has 1 heterocycles. The topological polar surface area (TPSA) is 67.2 Å². The fourth-order valence-corrected chi connectivity index (χ4v) is 1.86. The minimum absolute atomic E-state index is 0.251. The number of hydrogen-bond donors (Lipinski definition) is 1. The van der Waals surface area contributed by atoms with Crippen molar-refractivity contribution in [2.75, 3.05) is 19.5 Å². The Morgan fingerprint density at radius 3 is 2.30 bits per heavy atom. The summed E-state index contributed by atoms with van der Waals surface area (Å²) in [7, 11) is 3.15. The summed E-state index contributed by atoms with van der Waals surface area (Å²) in [6, 6.07) is 10.5. The number of halogens is 1. The molecule has 0 unspecified atom stereocenters. The van der Waals surface area contributed by atoms with Crippen molar-refractivity contribution in [3.8, 4) is 17.6 Å². The maximum atomic E-state index is 8.91. The number of rotatable bonds is 4. The van der Waals surface area contributed by atoms with Crippen LogP contribution in [-0.2, 0) is 0 Å². The van der Waals surface area contributed by atoms with Gasteiger partial charge >= 0.3 is 0 Å². The third-order valence-corrected chi connectivity index (χ3v) is 2.74. The van der Waals surface area contributed by atoms with Crippen LogP contribution in [0.4, 0.5) is 11.5 Å². The Morgan fingerprint density at radius 2 is 1.75 bits per heavy atom. The smallest absolute Gasteiger partial charge is 0.133 e. The van der Waals surface area contributed by atoms with Crippen molar-refractivity contribution in [2.24, 2.45) is 0 Å². The van der Waals surface area contributed by atoms with Gasteiger partial charge in [0.15, 0.2) is 0 Å². The molecule has 102 valence electrons. The average molecular weight is 290 g/mol. The summed E-state index contributed by atoms with van der Waals surface area (Å²) in [5, 5.41) is 12.2. The van der Waals surface area contributed by atoms with Gasteiger partial charge in [-0.2, -0.15) is 5.26 Å². The molecule has 0 spiro atoms. The highest BCUT2D eigenvalue weighted by Gasteiger charge is 2.05. The van der Waals surface area contributed by atoms with Gasteiger partial charge < -0.3 is 14.8 Å². The Labute approximate surface area is 121 Å². The van der Waals surface area contributed by atoms with E-state index in [1.54, 1.807) is 38.5 Å². The molecule has 0 aliphatic heterocycles. The van der Waals surface area contributed by atoms with Crippen molar-refractivity contribution in [2.45, 2.75) is 0 Å². The number of hydrogen-bond acceptors (Lipinski definition) is 5. The predicted molar refractivity (Wildman–Crippen MR) is 76.8 cm³/mol. The second kappa shape index (κ2) is 6.13. The van der Waals surface area contributed by atoms with E-state index in [-0.39, 0.29) is 5.15 Å². The van der Waals surface area contributed by atoms with E-state index in [1.807, 2.05) is 6.07 Å². The van der Waals surface area contributed by atoms with Gasteiger partial charge in [0.25, 0.3) is 0 Å². The lowest BCUT2D eigenvalue weighted by Gasteiger charge is -2.10. The van der Waals surface area contributed by atoms with Gasteiger partial charge in [0.2, 0.25) is 0 Å². The molecule has 0 radical (unpaired) electrons. The zero-order valence-electron chi connectivity index (χ0n) is 11.0. The largest absolute Gasteiger partial charge is 0.497 e. The van der Waals surface area contributed by atoms with E-state index >= 15 is 0 Å². The first-order valence-electron chi connectivity index (χ1n) is 5.72. The van der Waals surface area contributed by atoms with E-state index in [9.17, 15) is 0 Å². The van der Waals surface area contributed by atoms with Crippen LogP contribution in [0.1, 0.15) is 5.56 Å². The molecular weight excluding hydrogens is 278 g/mol. The van der Waals surface area contributed by atoms with E-state index in [1.165, 1.54) is 6.07 Å². The number of methoxy groups -OCH3 is 2. The van der Waals surface area contributed by atoms with Gasteiger partial charge in [-0.3, -0.25) is 0 Å². The predicted octanol–water partition coefficient (Wildman–Crippen LogP) is 3.37. The van der Waals surface area contributed by atoms with Crippen molar-refractivity contribution in [1.29, 1.82) is 5.26 Å². The molecule has 2 rings (SSSR count). The van der Waals surface area contributed by atoms with Crippen LogP contribution in [0.3, 0.4) is 0 Å². The fourth-order valence-electron chi connectivity index (χ4n) is 1.65. The van der Waals surface area contributed by atoms with E-state index < -0.39 is 0 Å². The summed E-state index contributed by atoms with van der Waals surface area (Å²) in [6.07, 6.45) is 0. The summed E-state index contributed by atoms with van der Waals surface area (Å²) >= 11 is 5.86. The normalized spacial score (nSPS) is 9.70. The number of benzene rings is 1. The van der Waals surface area contributed by atoms with Crippen molar-refractivity contribution in [1.82, 2.24) is 4.98 Å². The van der Waals surface area contributed by atoms with E-state index in [0.29, 0.717) is 22.9 Å². The molecule has 20 heavy (non-hydrogen) atoms. The summed E-state index contributed by atoms with van der Waals surface area (Å²) in [5.41, 5.74) is 1.15. The number of anilines is 2. The van der Waals surface area contributed by atoms with Crippen LogP contribution < -0.4 is 14.8 Å². The molecule has 1 N–H and O–H groups in total. The molecule has 0 atom stereocenters. The number of nitrogens with zero attached hydrogens (tertiary/aromatic N) is 2. The van der Waals surface area contributed by atoms with Crippen LogP contribution in [0.5, 0.6) is 11.5 Å². The lowest BCUT2D eigenvalue weighted by atomic mass is 10.2. The highest BCUT2D eigenvalue weighted by Crippen LogP contribution is 2.28.